The topological polar surface area (TPSA) is 113 Å². The lowest BCUT2D eigenvalue weighted by Crippen LogP contribution is -2.44. The Balaban J connectivity index is 1.91. The van der Waals surface area contributed by atoms with E-state index in [-0.39, 0.29) is 46.9 Å². The van der Waals surface area contributed by atoms with Crippen LogP contribution in [0.15, 0.2) is 15.7 Å². The number of hydrogen-bond acceptors (Lipinski definition) is 6. The number of methoxy groups -OCH3 is 1. The summed E-state index contributed by atoms with van der Waals surface area (Å²) in [6.45, 7) is 8.23. The van der Waals surface area contributed by atoms with Gasteiger partial charge in [-0.25, -0.2) is 15.8 Å². The molecule has 4 rings (SSSR count). The molecule has 10 heteroatoms. The van der Waals surface area contributed by atoms with Gasteiger partial charge in [-0.2, -0.15) is 4.68 Å². The first kappa shape index (κ1) is 19.3. The molecule has 0 bridgehead atoms. The van der Waals surface area contributed by atoms with Crippen LogP contribution in [0.2, 0.25) is 0 Å². The van der Waals surface area contributed by atoms with Gasteiger partial charge in [0, 0.05) is 25.0 Å². The molecule has 1 aromatic carbocycles. The van der Waals surface area contributed by atoms with E-state index < -0.39 is 17.1 Å². The van der Waals surface area contributed by atoms with Crippen LogP contribution in [-0.2, 0) is 0 Å². The van der Waals surface area contributed by atoms with Gasteiger partial charge in [-0.3, -0.25) is 9.36 Å². The first-order valence-corrected chi connectivity index (χ1v) is 9.55. The number of fused-ring (bicyclic) bond motifs is 1. The lowest BCUT2D eigenvalue weighted by molar-refractivity contribution is 0.412. The number of aromatic nitrogens is 2. The Morgan fingerprint density at radius 2 is 2.10 bits per heavy atom. The molecule has 2 aliphatic rings. The van der Waals surface area contributed by atoms with Crippen LogP contribution >= 0.6 is 0 Å². The average molecular weight is 402 g/mol. The molecule has 1 aliphatic carbocycles. The van der Waals surface area contributed by atoms with Crippen LogP contribution in [0.3, 0.4) is 0 Å². The van der Waals surface area contributed by atoms with Crippen LogP contribution in [0, 0.1) is 18.3 Å². The van der Waals surface area contributed by atoms with Gasteiger partial charge in [-0.1, -0.05) is 0 Å². The standard InChI is InChI=1S/C19H23FN6O3/c1-23-8-14(21)10-5-6-24(9-10)16-13(20)7-12-15(17(16)29-2)25(11-3-4-11)19(28)26(22)18(12)27/h7,10-11,14H,3-6,8-9,21-22H2,2H3. The van der Waals surface area contributed by atoms with E-state index in [9.17, 15) is 9.59 Å². The molecule has 1 saturated heterocycles. The van der Waals surface area contributed by atoms with Crippen molar-refractivity contribution in [3.8, 4) is 5.75 Å². The zero-order valence-electron chi connectivity index (χ0n) is 16.1. The fourth-order valence-electron chi connectivity index (χ4n) is 4.19. The summed E-state index contributed by atoms with van der Waals surface area (Å²) < 4.78 is 22.7. The van der Waals surface area contributed by atoms with E-state index in [2.05, 4.69) is 4.85 Å². The van der Waals surface area contributed by atoms with Crippen molar-refractivity contribution in [1.29, 1.82) is 0 Å². The smallest absolute Gasteiger partial charge is 0.350 e. The molecule has 1 aromatic heterocycles. The number of rotatable bonds is 5. The summed E-state index contributed by atoms with van der Waals surface area (Å²) in [5.41, 5.74) is 5.17. The Labute approximate surface area is 166 Å². The van der Waals surface area contributed by atoms with Gasteiger partial charge in [0.05, 0.1) is 18.5 Å². The molecule has 2 heterocycles. The Morgan fingerprint density at radius 3 is 2.72 bits per heavy atom. The van der Waals surface area contributed by atoms with Gasteiger partial charge >= 0.3 is 5.69 Å². The van der Waals surface area contributed by atoms with Crippen molar-refractivity contribution >= 4 is 16.6 Å². The predicted molar refractivity (Wildman–Crippen MR) is 107 cm³/mol. The first-order chi connectivity index (χ1) is 13.9. The molecule has 29 heavy (non-hydrogen) atoms. The van der Waals surface area contributed by atoms with Gasteiger partial charge in [0.2, 0.25) is 6.54 Å². The van der Waals surface area contributed by atoms with Crippen molar-refractivity contribution in [2.45, 2.75) is 31.3 Å². The molecule has 4 N–H and O–H groups in total. The molecule has 2 unspecified atom stereocenters. The molecule has 2 atom stereocenters. The van der Waals surface area contributed by atoms with Crippen molar-refractivity contribution in [3.05, 3.63) is 44.1 Å². The minimum absolute atomic E-state index is 0.0116. The number of nitrogens with zero attached hydrogens (tertiary/aromatic N) is 4. The normalized spacial score (nSPS) is 20.1. The van der Waals surface area contributed by atoms with E-state index in [1.165, 1.54) is 11.7 Å². The lowest BCUT2D eigenvalue weighted by atomic mass is 10.00. The maximum atomic E-state index is 15.2. The summed E-state index contributed by atoms with van der Waals surface area (Å²) in [5.74, 6) is 5.24. The zero-order valence-corrected chi connectivity index (χ0v) is 16.1. The van der Waals surface area contributed by atoms with Crippen LogP contribution in [0.1, 0.15) is 25.3 Å². The molecular formula is C19H23FN6O3. The summed E-state index contributed by atoms with van der Waals surface area (Å²) in [6.07, 6.45) is 2.28. The Kier molecular flexibility index (Phi) is 4.70. The summed E-state index contributed by atoms with van der Waals surface area (Å²) in [7, 11) is 1.39. The summed E-state index contributed by atoms with van der Waals surface area (Å²) in [4.78, 5) is 30.4. The minimum atomic E-state index is -0.760. The molecule has 2 aromatic rings. The van der Waals surface area contributed by atoms with E-state index >= 15 is 4.39 Å². The van der Waals surface area contributed by atoms with Crippen LogP contribution in [0.4, 0.5) is 10.1 Å². The van der Waals surface area contributed by atoms with Gasteiger partial charge in [0.15, 0.2) is 11.6 Å². The highest BCUT2D eigenvalue weighted by atomic mass is 19.1. The largest absolute Gasteiger partial charge is 0.492 e. The monoisotopic (exact) mass is 402 g/mol. The Bertz CT molecular complexity index is 1130. The SMILES string of the molecule is [C-]#[N+]CC(N)C1CCN(c2c(F)cc3c(=O)n(N)c(=O)n(C4CC4)c3c2OC)C1. The Morgan fingerprint density at radius 1 is 1.38 bits per heavy atom. The quantitative estimate of drug-likeness (QED) is 0.554. The molecule has 1 aliphatic heterocycles. The zero-order chi connectivity index (χ0) is 20.9. The summed E-state index contributed by atoms with van der Waals surface area (Å²) in [5, 5.41) is 0.0116. The number of benzene rings is 1. The second kappa shape index (κ2) is 7.08. The van der Waals surface area contributed by atoms with Crippen molar-refractivity contribution in [3.63, 3.8) is 0 Å². The van der Waals surface area contributed by atoms with Gasteiger partial charge in [-0.05, 0) is 25.3 Å². The summed E-state index contributed by atoms with van der Waals surface area (Å²) >= 11 is 0. The van der Waals surface area contributed by atoms with Crippen LogP contribution in [-0.4, -0.2) is 42.0 Å². The number of ether oxygens (including phenoxy) is 1. The van der Waals surface area contributed by atoms with E-state index in [1.54, 1.807) is 0 Å². The van der Waals surface area contributed by atoms with Gasteiger partial charge < -0.3 is 26.1 Å². The maximum Gasteiger partial charge on any atom is 0.350 e. The average Bonchev–Trinajstić information content (AvgIpc) is 3.41. The van der Waals surface area contributed by atoms with Crippen molar-refractivity contribution in [2.75, 3.05) is 37.5 Å². The van der Waals surface area contributed by atoms with Crippen molar-refractivity contribution in [1.82, 2.24) is 9.24 Å². The molecule has 1 saturated carbocycles. The van der Waals surface area contributed by atoms with Gasteiger partial charge in [-0.15, -0.1) is 0 Å². The fourth-order valence-corrected chi connectivity index (χ4v) is 4.19. The van der Waals surface area contributed by atoms with E-state index in [1.807, 2.05) is 4.90 Å². The third kappa shape index (κ3) is 3.02. The number of halogens is 1. The highest BCUT2D eigenvalue weighted by Gasteiger charge is 2.35. The van der Waals surface area contributed by atoms with Crippen LogP contribution in [0.25, 0.3) is 15.7 Å². The number of nitrogen functional groups attached to an aromatic ring is 1. The minimum Gasteiger partial charge on any atom is -0.492 e. The molecule has 2 fully saturated rings. The third-order valence-electron chi connectivity index (χ3n) is 5.85. The lowest BCUT2D eigenvalue weighted by Gasteiger charge is -2.25. The predicted octanol–water partition coefficient (Wildman–Crippen LogP) is 0.432. The van der Waals surface area contributed by atoms with Crippen molar-refractivity contribution in [2.24, 2.45) is 11.7 Å². The second-order valence-corrected chi connectivity index (χ2v) is 7.69. The van der Waals surface area contributed by atoms with E-state index in [4.69, 9.17) is 22.9 Å². The molecular weight excluding hydrogens is 379 g/mol. The number of anilines is 1. The number of hydrogen-bond donors (Lipinski definition) is 2. The van der Waals surface area contributed by atoms with Crippen molar-refractivity contribution < 1.29 is 9.13 Å². The molecule has 0 spiro atoms. The number of nitrogens with two attached hydrogens (primary N) is 2. The molecule has 0 radical (unpaired) electrons. The highest BCUT2D eigenvalue weighted by Crippen LogP contribution is 2.43. The van der Waals surface area contributed by atoms with Crippen LogP contribution in [0.5, 0.6) is 5.75 Å². The Hall–Kier alpha value is -3.06. The van der Waals surface area contributed by atoms with Gasteiger partial charge in [0.25, 0.3) is 5.56 Å². The van der Waals surface area contributed by atoms with Gasteiger partial charge in [0.1, 0.15) is 11.2 Å². The maximum absolute atomic E-state index is 15.2. The van der Waals surface area contributed by atoms with Crippen LogP contribution < -0.4 is 32.5 Å². The van der Waals surface area contributed by atoms with E-state index in [0.29, 0.717) is 17.8 Å². The molecule has 0 amide bonds. The second-order valence-electron chi connectivity index (χ2n) is 7.69. The summed E-state index contributed by atoms with van der Waals surface area (Å²) in [6, 6.07) is 0.746. The molecule has 9 nitrogen and oxygen atoms in total. The fraction of sp³-hybridized carbons (Fsp3) is 0.526. The highest BCUT2D eigenvalue weighted by molar-refractivity contribution is 5.91. The third-order valence-corrected chi connectivity index (χ3v) is 5.85. The first-order valence-electron chi connectivity index (χ1n) is 9.55. The van der Waals surface area contributed by atoms with E-state index in [0.717, 1.165) is 25.3 Å². The molecule has 154 valence electrons.